The lowest BCUT2D eigenvalue weighted by Crippen LogP contribution is -2.28. The number of nitrogens with one attached hydrogen (secondary N) is 1. The van der Waals surface area contributed by atoms with Crippen LogP contribution in [-0.4, -0.2) is 56.2 Å². The number of aliphatic carboxylic acids is 1. The van der Waals surface area contributed by atoms with E-state index in [0.29, 0.717) is 37.1 Å². The van der Waals surface area contributed by atoms with Gasteiger partial charge in [-0.2, -0.15) is 28.5 Å². The first-order chi connectivity index (χ1) is 15.9. The van der Waals surface area contributed by atoms with Crippen molar-refractivity contribution in [3.63, 3.8) is 0 Å². The number of carboxylic acid groups (broad SMARTS) is 2. The molecule has 11 nitrogen and oxygen atoms in total. The van der Waals surface area contributed by atoms with Gasteiger partial charge in [-0.25, -0.2) is 14.3 Å². The summed E-state index contributed by atoms with van der Waals surface area (Å²) in [6, 6.07) is 6.59. The lowest BCUT2D eigenvalue weighted by atomic mass is 10.0. The van der Waals surface area contributed by atoms with Gasteiger partial charge in [0.15, 0.2) is 5.66 Å². The van der Waals surface area contributed by atoms with Gasteiger partial charge >= 0.3 is 18.1 Å². The molecule has 0 radical (unpaired) electrons. The van der Waals surface area contributed by atoms with Crippen LogP contribution in [-0.2, 0) is 4.79 Å². The number of anilines is 1. The van der Waals surface area contributed by atoms with Gasteiger partial charge in [-0.3, -0.25) is 4.79 Å². The van der Waals surface area contributed by atoms with Gasteiger partial charge in [-0.15, -0.1) is 12.3 Å². The first kappa shape index (κ1) is 25.8. The Hall–Kier alpha value is -4.41. The fourth-order valence-electron chi connectivity index (χ4n) is 2.65. The molecule has 180 valence electrons. The number of aromatic carboxylic acids is 1. The predicted molar refractivity (Wildman–Crippen MR) is 111 cm³/mol. The number of carbonyl (C=O) groups is 3. The van der Waals surface area contributed by atoms with Gasteiger partial charge in [0.05, 0.1) is 11.9 Å². The Morgan fingerprint density at radius 2 is 1.85 bits per heavy atom. The molecule has 0 atom stereocenters. The summed E-state index contributed by atoms with van der Waals surface area (Å²) in [5.41, 5.74) is 6.17. The minimum atomic E-state index is -5.08. The van der Waals surface area contributed by atoms with E-state index in [0.717, 1.165) is 0 Å². The van der Waals surface area contributed by atoms with Crippen LogP contribution in [0.4, 0.5) is 19.0 Å². The van der Waals surface area contributed by atoms with E-state index in [1.54, 1.807) is 24.3 Å². The topological polar surface area (TPSA) is 172 Å². The van der Waals surface area contributed by atoms with Crippen molar-refractivity contribution < 1.29 is 37.8 Å². The molecular weight excluding hydrogens is 461 g/mol. The minimum Gasteiger partial charge on any atom is -0.477 e. The summed E-state index contributed by atoms with van der Waals surface area (Å²) in [6.07, 6.45) is 3.20. The second-order valence-corrected chi connectivity index (χ2v) is 6.91. The number of benzene rings is 1. The molecule has 0 aliphatic carbocycles. The normalized spacial score (nSPS) is 13.2. The van der Waals surface area contributed by atoms with Crippen molar-refractivity contribution in [2.75, 3.05) is 12.3 Å². The molecule has 0 fully saturated rings. The van der Waals surface area contributed by atoms with Crippen molar-refractivity contribution in [3.8, 4) is 18.0 Å². The Morgan fingerprint density at radius 1 is 1.21 bits per heavy atom. The second kappa shape index (κ2) is 10.5. The highest BCUT2D eigenvalue weighted by Crippen LogP contribution is 2.36. The molecule has 34 heavy (non-hydrogen) atoms. The summed E-state index contributed by atoms with van der Waals surface area (Å²) in [5, 5.41) is 31.0. The van der Waals surface area contributed by atoms with Gasteiger partial charge in [-0.05, 0) is 18.2 Å². The Kier molecular flexibility index (Phi) is 7.96. The molecule has 5 N–H and O–H groups in total. The van der Waals surface area contributed by atoms with E-state index in [-0.39, 0.29) is 17.3 Å². The van der Waals surface area contributed by atoms with Crippen molar-refractivity contribution in [1.29, 1.82) is 0 Å². The highest BCUT2D eigenvalue weighted by molar-refractivity contribution is 5.95. The Bertz CT molecular complexity index is 1150. The number of hydrogen-bond donors (Lipinski definition) is 4. The number of hydrogen-bond acceptors (Lipinski definition) is 7. The average Bonchev–Trinajstić information content (AvgIpc) is 3.43. The first-order valence-corrected chi connectivity index (χ1v) is 9.53. The first-order valence-electron chi connectivity index (χ1n) is 9.53. The standard InChI is InChI=1S/C18H18N6O3.C2HF3O2/c1-2-3-7-18(22-23-18)8-9-20-16(25)12-5-4-6-13(10-12)24-15(19)14(11-21-24)17(26)27;3-2(4,5)1(6)7/h1,4-6,10-11H,3,7-9,19H2,(H,20,25)(H,26,27);(H,6,7). The fourth-order valence-corrected chi connectivity index (χ4v) is 2.65. The predicted octanol–water partition coefficient (Wildman–Crippen LogP) is 2.48. The van der Waals surface area contributed by atoms with Gasteiger partial charge in [0, 0.05) is 31.4 Å². The SMILES string of the molecule is C#CCCC1(CCNC(=O)c2cccc(-n3ncc(C(=O)O)c3N)c2)N=N1.O=C(O)C(F)(F)F. The number of carbonyl (C=O) groups excluding carboxylic acids is 1. The monoisotopic (exact) mass is 480 g/mol. The Morgan fingerprint density at radius 3 is 2.35 bits per heavy atom. The summed E-state index contributed by atoms with van der Waals surface area (Å²) in [4.78, 5) is 32.4. The van der Waals surface area contributed by atoms with E-state index in [9.17, 15) is 22.8 Å². The van der Waals surface area contributed by atoms with Crippen LogP contribution in [0, 0.1) is 12.3 Å². The molecule has 2 heterocycles. The van der Waals surface area contributed by atoms with Crippen LogP contribution in [0.25, 0.3) is 5.69 Å². The molecule has 0 saturated carbocycles. The van der Waals surface area contributed by atoms with Crippen molar-refractivity contribution in [2.24, 2.45) is 10.2 Å². The summed E-state index contributed by atoms with van der Waals surface area (Å²) in [5.74, 6) is -1.64. The minimum absolute atomic E-state index is 0.00697. The van der Waals surface area contributed by atoms with Crippen LogP contribution in [0.3, 0.4) is 0 Å². The van der Waals surface area contributed by atoms with Crippen LogP contribution >= 0.6 is 0 Å². The molecule has 3 rings (SSSR count). The molecule has 1 aromatic carbocycles. The van der Waals surface area contributed by atoms with Crippen LogP contribution in [0.2, 0.25) is 0 Å². The van der Waals surface area contributed by atoms with Crippen LogP contribution in [0.1, 0.15) is 40.0 Å². The molecule has 0 spiro atoms. The van der Waals surface area contributed by atoms with Gasteiger partial charge in [0.2, 0.25) is 0 Å². The quantitative estimate of drug-likeness (QED) is 0.420. The van der Waals surface area contributed by atoms with E-state index in [4.69, 9.17) is 27.2 Å². The van der Waals surface area contributed by atoms with Crippen molar-refractivity contribution in [3.05, 3.63) is 41.6 Å². The maximum absolute atomic E-state index is 12.4. The summed E-state index contributed by atoms with van der Waals surface area (Å²) >= 11 is 0. The number of alkyl halides is 3. The maximum atomic E-state index is 12.4. The van der Waals surface area contributed by atoms with Gasteiger partial charge in [-0.1, -0.05) is 6.07 Å². The molecule has 14 heteroatoms. The van der Waals surface area contributed by atoms with E-state index in [1.807, 2.05) is 0 Å². The van der Waals surface area contributed by atoms with E-state index in [1.165, 1.54) is 10.9 Å². The summed E-state index contributed by atoms with van der Waals surface area (Å²) in [7, 11) is 0. The van der Waals surface area contributed by atoms with Crippen LogP contribution < -0.4 is 11.1 Å². The molecule has 2 aromatic rings. The fraction of sp³-hybridized carbons (Fsp3) is 0.300. The number of nitrogens with zero attached hydrogens (tertiary/aromatic N) is 4. The average molecular weight is 480 g/mol. The number of amides is 1. The Balaban J connectivity index is 0.000000509. The molecular formula is C20H19F3N6O5. The maximum Gasteiger partial charge on any atom is 0.490 e. The molecule has 1 aliphatic rings. The third kappa shape index (κ3) is 6.79. The van der Waals surface area contributed by atoms with Crippen molar-refractivity contribution in [1.82, 2.24) is 15.1 Å². The van der Waals surface area contributed by atoms with Gasteiger partial charge in [0.25, 0.3) is 5.91 Å². The van der Waals surface area contributed by atoms with E-state index < -0.39 is 23.8 Å². The number of halogens is 3. The lowest BCUT2D eigenvalue weighted by Gasteiger charge is -2.11. The van der Waals surface area contributed by atoms with E-state index in [2.05, 4.69) is 26.6 Å². The van der Waals surface area contributed by atoms with Crippen LogP contribution in [0.15, 0.2) is 40.7 Å². The smallest absolute Gasteiger partial charge is 0.477 e. The number of aromatic nitrogens is 2. The number of rotatable bonds is 8. The number of terminal acetylenes is 1. The zero-order chi connectivity index (χ0) is 25.5. The zero-order valence-corrected chi connectivity index (χ0v) is 17.4. The molecule has 1 amide bonds. The second-order valence-electron chi connectivity index (χ2n) is 6.91. The molecule has 0 bridgehead atoms. The summed E-state index contributed by atoms with van der Waals surface area (Å²) in [6.45, 7) is 0.410. The molecule has 1 aliphatic heterocycles. The van der Waals surface area contributed by atoms with E-state index >= 15 is 0 Å². The third-order valence-corrected chi connectivity index (χ3v) is 4.50. The van der Waals surface area contributed by atoms with Crippen molar-refractivity contribution in [2.45, 2.75) is 31.1 Å². The zero-order valence-electron chi connectivity index (χ0n) is 17.4. The molecule has 0 unspecified atom stereocenters. The highest BCUT2D eigenvalue weighted by Gasteiger charge is 2.39. The molecule has 0 saturated heterocycles. The number of nitrogen functional groups attached to an aromatic ring is 1. The summed E-state index contributed by atoms with van der Waals surface area (Å²) < 4.78 is 33.0. The van der Waals surface area contributed by atoms with Crippen LogP contribution in [0.5, 0.6) is 0 Å². The van der Waals surface area contributed by atoms with Crippen molar-refractivity contribution >= 4 is 23.7 Å². The largest absolute Gasteiger partial charge is 0.490 e. The third-order valence-electron chi connectivity index (χ3n) is 4.50. The number of carboxylic acids is 2. The highest BCUT2D eigenvalue weighted by atomic mass is 19.4. The number of nitrogens with two attached hydrogens (primary N) is 1. The van der Waals surface area contributed by atoms with Gasteiger partial charge in [0.1, 0.15) is 11.4 Å². The lowest BCUT2D eigenvalue weighted by molar-refractivity contribution is -0.192. The van der Waals surface area contributed by atoms with Gasteiger partial charge < -0.3 is 21.3 Å². The molecule has 1 aromatic heterocycles. The Labute approximate surface area is 190 Å².